The zero-order chi connectivity index (χ0) is 26.4. The van der Waals surface area contributed by atoms with Crippen molar-refractivity contribution in [3.63, 3.8) is 0 Å². The Labute approximate surface area is 200 Å². The molecule has 0 bridgehead atoms. The molecule has 2 rings (SSSR count). The van der Waals surface area contributed by atoms with Crippen LogP contribution in [0.4, 0.5) is 0 Å². The summed E-state index contributed by atoms with van der Waals surface area (Å²) in [5, 5.41) is 30.7. The second kappa shape index (κ2) is 12.5. The summed E-state index contributed by atoms with van der Waals surface area (Å²) in [6.07, 6.45) is -15.8. The van der Waals surface area contributed by atoms with Gasteiger partial charge in [-0.3, -0.25) is 14.4 Å². The number of ether oxygens (including phenoxy) is 8. The predicted octanol–water partition coefficient (Wildman–Crippen LogP) is -2.85. The summed E-state index contributed by atoms with van der Waals surface area (Å²) in [6.45, 7) is 2.39. The van der Waals surface area contributed by atoms with Gasteiger partial charge in [-0.2, -0.15) is 0 Å². The summed E-state index contributed by atoms with van der Waals surface area (Å²) >= 11 is 0. The van der Waals surface area contributed by atoms with Crippen LogP contribution in [-0.4, -0.2) is 121 Å². The number of aliphatic hydroxyl groups excluding tert-OH is 3. The maximum atomic E-state index is 12.5. The Morgan fingerprint density at radius 2 is 1.29 bits per heavy atom. The van der Waals surface area contributed by atoms with Crippen LogP contribution in [-0.2, 0) is 57.1 Å². The second-order valence-electron chi connectivity index (χ2n) is 7.71. The standard InChI is InChI=1S/C20H30O15/c1-7(22)30-14-15(31-8(2)23)17(32-9(3)24)20(35-16(14)18(27)28-4)34-13-11(25)10(6-21)33-19(29-5)12(13)26/h10-17,19-21,25-26H,6H2,1-5H3/t10-,11+,12-,13+,14+,15+,16+,17-,19+,20-/m1/s1. The van der Waals surface area contributed by atoms with Crippen LogP contribution < -0.4 is 0 Å². The number of esters is 4. The Balaban J connectivity index is 2.51. The van der Waals surface area contributed by atoms with Crippen LogP contribution in [0, 0.1) is 0 Å². The molecule has 0 aliphatic carbocycles. The molecule has 2 saturated heterocycles. The van der Waals surface area contributed by atoms with Crippen molar-refractivity contribution in [1.82, 2.24) is 0 Å². The minimum Gasteiger partial charge on any atom is -0.467 e. The third-order valence-corrected chi connectivity index (χ3v) is 5.18. The lowest BCUT2D eigenvalue weighted by Crippen LogP contribution is -2.67. The van der Waals surface area contributed by atoms with Crippen molar-refractivity contribution >= 4 is 23.9 Å². The first kappa shape index (κ1) is 28.8. The van der Waals surface area contributed by atoms with Gasteiger partial charge in [0, 0.05) is 27.9 Å². The van der Waals surface area contributed by atoms with Crippen LogP contribution in [0.1, 0.15) is 20.8 Å². The Hall–Kier alpha value is -2.40. The number of hydrogen-bond donors (Lipinski definition) is 3. The normalized spacial score (nSPS) is 37.1. The van der Waals surface area contributed by atoms with Crippen LogP contribution in [0.15, 0.2) is 0 Å². The van der Waals surface area contributed by atoms with Gasteiger partial charge < -0.3 is 53.2 Å². The molecular weight excluding hydrogens is 480 g/mol. The van der Waals surface area contributed by atoms with Crippen LogP contribution in [0.3, 0.4) is 0 Å². The summed E-state index contributed by atoms with van der Waals surface area (Å²) in [5.74, 6) is -3.72. The number of rotatable bonds is 8. The van der Waals surface area contributed by atoms with E-state index in [1.54, 1.807) is 0 Å². The highest BCUT2D eigenvalue weighted by Crippen LogP contribution is 2.33. The van der Waals surface area contributed by atoms with Crippen molar-refractivity contribution in [2.24, 2.45) is 0 Å². The summed E-state index contributed by atoms with van der Waals surface area (Å²) in [6, 6.07) is 0. The van der Waals surface area contributed by atoms with Gasteiger partial charge in [0.2, 0.25) is 0 Å². The van der Waals surface area contributed by atoms with E-state index < -0.39 is 91.9 Å². The molecule has 0 spiro atoms. The van der Waals surface area contributed by atoms with Crippen molar-refractivity contribution in [1.29, 1.82) is 0 Å². The number of carbonyl (C=O) groups is 4. The maximum absolute atomic E-state index is 12.5. The van der Waals surface area contributed by atoms with Gasteiger partial charge >= 0.3 is 23.9 Å². The molecule has 0 amide bonds. The molecule has 0 aromatic rings. The fourth-order valence-corrected chi connectivity index (χ4v) is 3.75. The van der Waals surface area contributed by atoms with E-state index in [-0.39, 0.29) is 0 Å². The first-order valence-electron chi connectivity index (χ1n) is 10.5. The van der Waals surface area contributed by atoms with E-state index in [9.17, 15) is 34.5 Å². The van der Waals surface area contributed by atoms with E-state index in [4.69, 9.17) is 33.2 Å². The summed E-state index contributed by atoms with van der Waals surface area (Å²) in [5.41, 5.74) is 0. The zero-order valence-corrected chi connectivity index (χ0v) is 19.7. The maximum Gasteiger partial charge on any atom is 0.339 e. The first-order chi connectivity index (χ1) is 16.4. The van der Waals surface area contributed by atoms with E-state index in [2.05, 4.69) is 4.74 Å². The molecule has 0 unspecified atom stereocenters. The molecule has 0 aromatic carbocycles. The minimum atomic E-state index is -1.77. The molecule has 2 aliphatic rings. The average Bonchev–Trinajstić information content (AvgIpc) is 2.78. The third-order valence-electron chi connectivity index (χ3n) is 5.18. The Morgan fingerprint density at radius 1 is 0.743 bits per heavy atom. The lowest BCUT2D eigenvalue weighted by atomic mass is 9.96. The van der Waals surface area contributed by atoms with E-state index in [1.165, 1.54) is 7.11 Å². The van der Waals surface area contributed by atoms with Crippen molar-refractivity contribution in [3.8, 4) is 0 Å². The molecule has 35 heavy (non-hydrogen) atoms. The van der Waals surface area contributed by atoms with Gasteiger partial charge in [0.25, 0.3) is 0 Å². The van der Waals surface area contributed by atoms with Gasteiger partial charge in [-0.25, -0.2) is 4.79 Å². The molecule has 0 saturated carbocycles. The SMILES string of the molecule is COC(=O)[C@H]1O[C@@H](O[C@H]2[C@@H](O)[C@@H](CO)O[C@H](OC)[C@@H]2O)[C@H](OC(C)=O)[C@@H](OC(C)=O)[C@@H]1OC(C)=O. The van der Waals surface area contributed by atoms with Crippen molar-refractivity contribution in [2.75, 3.05) is 20.8 Å². The molecule has 2 fully saturated rings. The molecule has 3 N–H and O–H groups in total. The molecule has 200 valence electrons. The van der Waals surface area contributed by atoms with Gasteiger partial charge in [0.05, 0.1) is 13.7 Å². The molecule has 15 heteroatoms. The fourth-order valence-electron chi connectivity index (χ4n) is 3.75. The Bertz CT molecular complexity index is 756. The molecular formula is C20H30O15. The first-order valence-corrected chi connectivity index (χ1v) is 10.5. The van der Waals surface area contributed by atoms with Gasteiger partial charge in [-0.1, -0.05) is 0 Å². The number of carbonyl (C=O) groups excluding carboxylic acids is 4. The topological polar surface area (TPSA) is 203 Å². The number of methoxy groups -OCH3 is 2. The molecule has 2 heterocycles. The molecule has 10 atom stereocenters. The van der Waals surface area contributed by atoms with Gasteiger partial charge in [0.1, 0.15) is 24.4 Å². The zero-order valence-electron chi connectivity index (χ0n) is 19.7. The Morgan fingerprint density at radius 3 is 1.77 bits per heavy atom. The highest BCUT2D eigenvalue weighted by molar-refractivity contribution is 5.77. The second-order valence-corrected chi connectivity index (χ2v) is 7.71. The van der Waals surface area contributed by atoms with Crippen molar-refractivity contribution in [2.45, 2.75) is 82.2 Å². The van der Waals surface area contributed by atoms with Gasteiger partial charge in [0.15, 0.2) is 37.0 Å². The van der Waals surface area contributed by atoms with E-state index in [0.717, 1.165) is 27.9 Å². The highest BCUT2D eigenvalue weighted by atomic mass is 16.8. The summed E-state index contributed by atoms with van der Waals surface area (Å²) in [4.78, 5) is 47.9. The van der Waals surface area contributed by atoms with Crippen LogP contribution in [0.25, 0.3) is 0 Å². The van der Waals surface area contributed by atoms with Crippen molar-refractivity contribution < 1.29 is 72.4 Å². The predicted molar refractivity (Wildman–Crippen MR) is 107 cm³/mol. The lowest BCUT2D eigenvalue weighted by molar-refractivity contribution is -0.355. The van der Waals surface area contributed by atoms with Crippen molar-refractivity contribution in [3.05, 3.63) is 0 Å². The quantitative estimate of drug-likeness (QED) is 0.222. The fraction of sp³-hybridized carbons (Fsp3) is 0.800. The monoisotopic (exact) mass is 510 g/mol. The minimum absolute atomic E-state index is 0.679. The van der Waals surface area contributed by atoms with E-state index >= 15 is 0 Å². The molecule has 0 aromatic heterocycles. The smallest absolute Gasteiger partial charge is 0.339 e. The molecule has 2 aliphatic heterocycles. The lowest BCUT2D eigenvalue weighted by Gasteiger charge is -2.47. The Kier molecular flexibility index (Phi) is 10.3. The molecule has 15 nitrogen and oxygen atoms in total. The van der Waals surface area contributed by atoms with Gasteiger partial charge in [-0.15, -0.1) is 0 Å². The largest absolute Gasteiger partial charge is 0.467 e. The van der Waals surface area contributed by atoms with Crippen LogP contribution in [0.5, 0.6) is 0 Å². The third kappa shape index (κ3) is 6.84. The number of aliphatic hydroxyl groups is 3. The molecule has 0 radical (unpaired) electrons. The van der Waals surface area contributed by atoms with Gasteiger partial charge in [-0.05, 0) is 0 Å². The van der Waals surface area contributed by atoms with E-state index in [0.29, 0.717) is 0 Å². The summed E-state index contributed by atoms with van der Waals surface area (Å²) < 4.78 is 41.9. The number of hydrogen-bond acceptors (Lipinski definition) is 15. The van der Waals surface area contributed by atoms with Crippen LogP contribution >= 0.6 is 0 Å². The highest BCUT2D eigenvalue weighted by Gasteiger charge is 2.57. The summed E-state index contributed by atoms with van der Waals surface area (Å²) in [7, 11) is 2.22. The van der Waals surface area contributed by atoms with E-state index in [1.807, 2.05) is 0 Å². The average molecular weight is 510 g/mol. The van der Waals surface area contributed by atoms with Crippen LogP contribution in [0.2, 0.25) is 0 Å².